The smallest absolute Gasteiger partial charge is 0.150 e. The van der Waals surface area contributed by atoms with Gasteiger partial charge in [0.15, 0.2) is 0 Å². The number of fused-ring (bicyclic) bond motifs is 1. The molecule has 1 aliphatic heterocycles. The Balaban J connectivity index is 1.35. The molecule has 0 radical (unpaired) electrons. The molecule has 1 fully saturated rings. The predicted molar refractivity (Wildman–Crippen MR) is 99.9 cm³/mol. The van der Waals surface area contributed by atoms with E-state index in [-0.39, 0.29) is 0 Å². The van der Waals surface area contributed by atoms with Crippen LogP contribution in [0.25, 0.3) is 11.0 Å². The number of imidazole rings is 1. The van der Waals surface area contributed by atoms with Gasteiger partial charge in [-0.2, -0.15) is 0 Å². The molecule has 0 amide bonds. The number of benzene rings is 1. The summed E-state index contributed by atoms with van der Waals surface area (Å²) < 4.78 is 2.25. The van der Waals surface area contributed by atoms with Crippen molar-refractivity contribution in [2.75, 3.05) is 37.6 Å². The highest BCUT2D eigenvalue weighted by Gasteiger charge is 2.20. The first-order valence-electron chi connectivity index (χ1n) is 8.88. The van der Waals surface area contributed by atoms with Gasteiger partial charge in [0.25, 0.3) is 0 Å². The lowest BCUT2D eigenvalue weighted by molar-refractivity contribution is 0.248. The normalized spacial score (nSPS) is 15.8. The van der Waals surface area contributed by atoms with E-state index in [1.54, 1.807) is 0 Å². The standard InChI is InChI=1S/C19H24N6/c1-15-13-20-16(2)19(22-15)24-10-7-23(8-11-24)9-12-25-14-21-17-5-3-4-6-18(17)25/h3-6,13-14H,7-12H2,1-2H3. The van der Waals surface area contributed by atoms with E-state index in [4.69, 9.17) is 0 Å². The molecule has 130 valence electrons. The maximum absolute atomic E-state index is 4.67. The molecular formula is C19H24N6. The average Bonchev–Trinajstić information content (AvgIpc) is 3.06. The summed E-state index contributed by atoms with van der Waals surface area (Å²) in [5.74, 6) is 1.04. The molecule has 0 bridgehead atoms. The van der Waals surface area contributed by atoms with Gasteiger partial charge >= 0.3 is 0 Å². The van der Waals surface area contributed by atoms with E-state index in [0.29, 0.717) is 0 Å². The van der Waals surface area contributed by atoms with E-state index in [1.165, 1.54) is 5.52 Å². The first kappa shape index (κ1) is 16.0. The average molecular weight is 336 g/mol. The van der Waals surface area contributed by atoms with Crippen molar-refractivity contribution >= 4 is 16.9 Å². The van der Waals surface area contributed by atoms with Crippen LogP contribution in [-0.4, -0.2) is 57.1 Å². The van der Waals surface area contributed by atoms with Gasteiger partial charge in [-0.3, -0.25) is 9.88 Å². The molecule has 0 saturated carbocycles. The molecule has 0 aliphatic carbocycles. The molecule has 1 aromatic carbocycles. The van der Waals surface area contributed by atoms with Crippen molar-refractivity contribution in [3.63, 3.8) is 0 Å². The second kappa shape index (κ2) is 6.80. The van der Waals surface area contributed by atoms with Crippen LogP contribution in [0.1, 0.15) is 11.4 Å². The van der Waals surface area contributed by atoms with Gasteiger partial charge < -0.3 is 9.47 Å². The summed E-state index contributed by atoms with van der Waals surface area (Å²) in [6.07, 6.45) is 3.79. The van der Waals surface area contributed by atoms with E-state index in [9.17, 15) is 0 Å². The van der Waals surface area contributed by atoms with Crippen molar-refractivity contribution < 1.29 is 0 Å². The molecule has 0 atom stereocenters. The maximum Gasteiger partial charge on any atom is 0.150 e. The highest BCUT2D eigenvalue weighted by Crippen LogP contribution is 2.17. The Kier molecular flexibility index (Phi) is 4.36. The molecule has 25 heavy (non-hydrogen) atoms. The zero-order chi connectivity index (χ0) is 17.2. The second-order valence-corrected chi connectivity index (χ2v) is 6.68. The van der Waals surface area contributed by atoms with E-state index in [0.717, 1.165) is 62.0 Å². The van der Waals surface area contributed by atoms with Gasteiger partial charge in [-0.25, -0.2) is 9.97 Å². The number of anilines is 1. The first-order chi connectivity index (χ1) is 12.2. The van der Waals surface area contributed by atoms with Gasteiger partial charge in [0.1, 0.15) is 5.82 Å². The Bertz CT molecular complexity index is 863. The predicted octanol–water partition coefficient (Wildman–Crippen LogP) is 2.27. The molecule has 6 heteroatoms. The zero-order valence-electron chi connectivity index (χ0n) is 14.9. The quantitative estimate of drug-likeness (QED) is 0.731. The minimum atomic E-state index is 0.976. The first-order valence-corrected chi connectivity index (χ1v) is 8.88. The number of para-hydroxylation sites is 2. The van der Waals surface area contributed by atoms with Crippen LogP contribution in [0.4, 0.5) is 5.82 Å². The van der Waals surface area contributed by atoms with Crippen LogP contribution in [0.15, 0.2) is 36.8 Å². The topological polar surface area (TPSA) is 50.1 Å². The number of aromatic nitrogens is 4. The number of hydrogen-bond donors (Lipinski definition) is 0. The monoisotopic (exact) mass is 336 g/mol. The molecule has 0 unspecified atom stereocenters. The Morgan fingerprint density at radius 3 is 2.60 bits per heavy atom. The van der Waals surface area contributed by atoms with Crippen LogP contribution in [-0.2, 0) is 6.54 Å². The number of nitrogens with zero attached hydrogens (tertiary/aromatic N) is 6. The fourth-order valence-electron chi connectivity index (χ4n) is 3.45. The SMILES string of the molecule is Cc1cnc(C)c(N2CCN(CCn3cnc4ccccc43)CC2)n1. The molecule has 3 aromatic rings. The van der Waals surface area contributed by atoms with Crippen molar-refractivity contribution in [2.45, 2.75) is 20.4 Å². The van der Waals surface area contributed by atoms with Gasteiger partial charge in [0.05, 0.1) is 28.7 Å². The minimum absolute atomic E-state index is 0.976. The number of hydrogen-bond acceptors (Lipinski definition) is 5. The van der Waals surface area contributed by atoms with Gasteiger partial charge in [0, 0.05) is 45.5 Å². The molecule has 1 saturated heterocycles. The second-order valence-electron chi connectivity index (χ2n) is 6.68. The van der Waals surface area contributed by atoms with Crippen molar-refractivity contribution in [2.24, 2.45) is 0 Å². The Morgan fingerprint density at radius 2 is 1.76 bits per heavy atom. The fraction of sp³-hybridized carbons (Fsp3) is 0.421. The highest BCUT2D eigenvalue weighted by atomic mass is 15.3. The van der Waals surface area contributed by atoms with Crippen molar-refractivity contribution in [3.8, 4) is 0 Å². The summed E-state index contributed by atoms with van der Waals surface area (Å²) in [5, 5.41) is 0. The van der Waals surface area contributed by atoms with Crippen LogP contribution in [0.3, 0.4) is 0 Å². The lowest BCUT2D eigenvalue weighted by atomic mass is 10.2. The molecule has 4 rings (SSSR count). The van der Waals surface area contributed by atoms with Gasteiger partial charge in [-0.1, -0.05) is 12.1 Å². The van der Waals surface area contributed by atoms with E-state index >= 15 is 0 Å². The number of piperazine rings is 1. The number of rotatable bonds is 4. The lowest BCUT2D eigenvalue weighted by Crippen LogP contribution is -2.47. The van der Waals surface area contributed by atoms with Crippen LogP contribution < -0.4 is 4.90 Å². The zero-order valence-corrected chi connectivity index (χ0v) is 14.9. The molecule has 0 spiro atoms. The van der Waals surface area contributed by atoms with Crippen LogP contribution >= 0.6 is 0 Å². The van der Waals surface area contributed by atoms with Crippen molar-refractivity contribution in [1.82, 2.24) is 24.4 Å². The third-order valence-corrected chi connectivity index (χ3v) is 4.91. The van der Waals surface area contributed by atoms with Crippen LogP contribution in [0.5, 0.6) is 0 Å². The van der Waals surface area contributed by atoms with E-state index in [1.807, 2.05) is 32.4 Å². The van der Waals surface area contributed by atoms with Gasteiger partial charge in [0.2, 0.25) is 0 Å². The van der Waals surface area contributed by atoms with E-state index in [2.05, 4.69) is 47.5 Å². The van der Waals surface area contributed by atoms with E-state index < -0.39 is 0 Å². The summed E-state index contributed by atoms with van der Waals surface area (Å²) in [6.45, 7) is 10.2. The third kappa shape index (κ3) is 3.35. The molecule has 3 heterocycles. The Labute approximate surface area is 148 Å². The lowest BCUT2D eigenvalue weighted by Gasteiger charge is -2.35. The molecule has 2 aromatic heterocycles. The largest absolute Gasteiger partial charge is 0.353 e. The molecule has 6 nitrogen and oxygen atoms in total. The third-order valence-electron chi connectivity index (χ3n) is 4.91. The fourth-order valence-corrected chi connectivity index (χ4v) is 3.45. The summed E-state index contributed by atoms with van der Waals surface area (Å²) in [4.78, 5) is 18.5. The van der Waals surface area contributed by atoms with Crippen molar-refractivity contribution in [3.05, 3.63) is 48.2 Å². The highest BCUT2D eigenvalue weighted by molar-refractivity contribution is 5.74. The molecular weight excluding hydrogens is 312 g/mol. The summed E-state index contributed by atoms with van der Waals surface area (Å²) >= 11 is 0. The summed E-state index contributed by atoms with van der Waals surface area (Å²) in [5.41, 5.74) is 4.28. The Morgan fingerprint density at radius 1 is 0.960 bits per heavy atom. The summed E-state index contributed by atoms with van der Waals surface area (Å²) in [6, 6.07) is 8.31. The van der Waals surface area contributed by atoms with Crippen LogP contribution in [0.2, 0.25) is 0 Å². The van der Waals surface area contributed by atoms with Gasteiger partial charge in [-0.15, -0.1) is 0 Å². The maximum atomic E-state index is 4.67. The minimum Gasteiger partial charge on any atom is -0.353 e. The van der Waals surface area contributed by atoms with Crippen molar-refractivity contribution in [1.29, 1.82) is 0 Å². The van der Waals surface area contributed by atoms with Gasteiger partial charge in [-0.05, 0) is 26.0 Å². The summed E-state index contributed by atoms with van der Waals surface area (Å²) in [7, 11) is 0. The number of aryl methyl sites for hydroxylation is 2. The van der Waals surface area contributed by atoms with Crippen LogP contribution in [0, 0.1) is 13.8 Å². The Hall–Kier alpha value is -2.47. The molecule has 0 N–H and O–H groups in total. The molecule has 1 aliphatic rings.